The Bertz CT molecular complexity index is 665. The van der Waals surface area contributed by atoms with Crippen LogP contribution in [0.25, 0.3) is 0 Å². The number of fused-ring (bicyclic) bond motifs is 4. The van der Waals surface area contributed by atoms with E-state index in [1.165, 1.54) is 0 Å². The van der Waals surface area contributed by atoms with E-state index in [0.29, 0.717) is 25.4 Å². The number of nitrogens with zero attached hydrogens (tertiary/aromatic N) is 4. The van der Waals surface area contributed by atoms with Crippen LogP contribution in [0, 0.1) is 18.8 Å². The smallest absolute Gasteiger partial charge is 0.243 e. The molecule has 9 heteroatoms. The zero-order chi connectivity index (χ0) is 17.4. The maximum absolute atomic E-state index is 12.9. The highest BCUT2D eigenvalue weighted by Crippen LogP contribution is 2.39. The Labute approximate surface area is 159 Å². The Morgan fingerprint density at radius 1 is 1.38 bits per heavy atom. The number of hydrogen-bond donors (Lipinski definition) is 2. The highest BCUT2D eigenvalue weighted by atomic mass is 35.5. The highest BCUT2D eigenvalue weighted by molar-refractivity contribution is 5.89. The lowest BCUT2D eigenvalue weighted by atomic mass is 9.72. The second kappa shape index (κ2) is 7.92. The average Bonchev–Trinajstić information content (AvgIpc) is 3.01. The van der Waals surface area contributed by atoms with Crippen molar-refractivity contribution in [3.05, 3.63) is 11.9 Å². The Morgan fingerprint density at radius 2 is 2.19 bits per heavy atom. The van der Waals surface area contributed by atoms with Crippen molar-refractivity contribution in [3.8, 4) is 0 Å². The first-order chi connectivity index (χ1) is 12.1. The van der Waals surface area contributed by atoms with Crippen LogP contribution in [0.1, 0.15) is 31.4 Å². The molecule has 144 valence electrons. The largest absolute Gasteiger partial charge is 0.352 e. The molecule has 26 heavy (non-hydrogen) atoms. The van der Waals surface area contributed by atoms with E-state index >= 15 is 0 Å². The van der Waals surface area contributed by atoms with Crippen LogP contribution in [0.15, 0.2) is 6.20 Å². The minimum absolute atomic E-state index is 0. The third-order valence-corrected chi connectivity index (χ3v) is 5.81. The summed E-state index contributed by atoms with van der Waals surface area (Å²) in [5, 5.41) is 14.4. The summed E-state index contributed by atoms with van der Waals surface area (Å²) in [5.74, 6) is 0.833. The first-order valence-corrected chi connectivity index (χ1v) is 9.30. The fraction of sp³-hybridized carbons (Fsp3) is 0.765. The van der Waals surface area contributed by atoms with Crippen molar-refractivity contribution >= 4 is 24.2 Å². The number of nitrogens with one attached hydrogen (secondary N) is 2. The fourth-order valence-corrected chi connectivity index (χ4v) is 4.75. The van der Waals surface area contributed by atoms with Gasteiger partial charge in [0, 0.05) is 37.7 Å². The number of aromatic nitrogens is 3. The topological polar surface area (TPSA) is 92.2 Å². The van der Waals surface area contributed by atoms with Crippen LogP contribution in [0.4, 0.5) is 0 Å². The highest BCUT2D eigenvalue weighted by Gasteiger charge is 2.50. The zero-order valence-corrected chi connectivity index (χ0v) is 15.9. The lowest BCUT2D eigenvalue weighted by Gasteiger charge is -2.53. The van der Waals surface area contributed by atoms with E-state index in [9.17, 15) is 9.59 Å². The van der Waals surface area contributed by atoms with Crippen molar-refractivity contribution < 1.29 is 9.59 Å². The summed E-state index contributed by atoms with van der Waals surface area (Å²) in [7, 11) is 0. The second-order valence-corrected chi connectivity index (χ2v) is 7.53. The van der Waals surface area contributed by atoms with Crippen molar-refractivity contribution in [2.75, 3.05) is 19.6 Å². The van der Waals surface area contributed by atoms with Gasteiger partial charge in [-0.25, -0.2) is 0 Å². The van der Waals surface area contributed by atoms with Gasteiger partial charge in [-0.1, -0.05) is 5.21 Å². The minimum Gasteiger partial charge on any atom is -0.352 e. The van der Waals surface area contributed by atoms with E-state index in [-0.39, 0.29) is 42.2 Å². The minimum atomic E-state index is -0.334. The van der Waals surface area contributed by atoms with Crippen LogP contribution < -0.4 is 10.6 Å². The number of carbonyl (C=O) groups is 2. The van der Waals surface area contributed by atoms with Crippen LogP contribution in [0.2, 0.25) is 0 Å². The van der Waals surface area contributed by atoms with E-state index in [1.807, 2.05) is 18.0 Å². The summed E-state index contributed by atoms with van der Waals surface area (Å²) in [6.07, 6.45) is 5.44. The van der Waals surface area contributed by atoms with E-state index in [0.717, 1.165) is 38.0 Å². The summed E-state index contributed by atoms with van der Waals surface area (Å²) in [6.45, 7) is 4.74. The molecule has 4 rings (SSSR count). The van der Waals surface area contributed by atoms with Crippen LogP contribution in [0.5, 0.6) is 0 Å². The molecule has 2 N–H and O–H groups in total. The molecule has 4 heterocycles. The molecule has 8 nitrogen and oxygen atoms in total. The molecule has 2 bridgehead atoms. The van der Waals surface area contributed by atoms with Gasteiger partial charge in [-0.15, -0.1) is 17.5 Å². The summed E-state index contributed by atoms with van der Waals surface area (Å²) in [6, 6.07) is -0.113. The van der Waals surface area contributed by atoms with E-state index in [4.69, 9.17) is 0 Å². The van der Waals surface area contributed by atoms with Gasteiger partial charge in [-0.2, -0.15) is 0 Å². The SMILES string of the molecule is Cc1cn(CCNC(=O)[C@H]2[C@@H]3CNC[C@@H](C3)[C@@H]3CCCC(=O)N32)nn1.Cl. The molecule has 3 aliphatic heterocycles. The molecule has 0 aromatic carbocycles. The van der Waals surface area contributed by atoms with Gasteiger partial charge in [0.1, 0.15) is 6.04 Å². The number of aryl methyl sites for hydroxylation is 1. The summed E-state index contributed by atoms with van der Waals surface area (Å²) in [4.78, 5) is 27.4. The molecule has 0 saturated carbocycles. The standard InChI is InChI=1S/C17H26N6O2.ClH/c1-11-10-22(21-20-11)6-5-19-17(25)16-13-7-12(8-18-9-13)14-3-2-4-15(24)23(14)16;/h10,12-14,16,18H,2-9H2,1H3,(H,19,25);1H/t12-,13+,14+,16-;/m1./s1. The van der Waals surface area contributed by atoms with Crippen molar-refractivity contribution in [2.24, 2.45) is 11.8 Å². The molecule has 3 saturated heterocycles. The maximum atomic E-state index is 12.9. The lowest BCUT2D eigenvalue weighted by molar-refractivity contribution is -0.157. The predicted octanol–water partition coefficient (Wildman–Crippen LogP) is 0.114. The van der Waals surface area contributed by atoms with Crippen LogP contribution in [-0.4, -0.2) is 63.4 Å². The fourth-order valence-electron chi connectivity index (χ4n) is 4.75. The monoisotopic (exact) mass is 382 g/mol. The number of hydrogen-bond acceptors (Lipinski definition) is 5. The Balaban J connectivity index is 0.00000196. The Kier molecular flexibility index (Phi) is 5.82. The van der Waals surface area contributed by atoms with Crippen molar-refractivity contribution in [1.29, 1.82) is 0 Å². The number of amides is 2. The second-order valence-electron chi connectivity index (χ2n) is 7.53. The van der Waals surface area contributed by atoms with E-state index < -0.39 is 0 Å². The van der Waals surface area contributed by atoms with Gasteiger partial charge in [-0.05, 0) is 38.6 Å². The lowest BCUT2D eigenvalue weighted by Crippen LogP contribution is -2.68. The molecule has 1 aromatic heterocycles. The summed E-state index contributed by atoms with van der Waals surface area (Å²) < 4.78 is 1.73. The summed E-state index contributed by atoms with van der Waals surface area (Å²) >= 11 is 0. The molecular weight excluding hydrogens is 356 g/mol. The van der Waals surface area contributed by atoms with Crippen molar-refractivity contribution in [3.63, 3.8) is 0 Å². The molecule has 2 amide bonds. The van der Waals surface area contributed by atoms with Gasteiger partial charge in [0.05, 0.1) is 12.2 Å². The van der Waals surface area contributed by atoms with Gasteiger partial charge < -0.3 is 15.5 Å². The van der Waals surface area contributed by atoms with Crippen LogP contribution in [-0.2, 0) is 16.1 Å². The molecule has 3 aliphatic rings. The Morgan fingerprint density at radius 3 is 2.96 bits per heavy atom. The van der Waals surface area contributed by atoms with Gasteiger partial charge in [0.25, 0.3) is 0 Å². The predicted molar refractivity (Wildman–Crippen MR) is 97.8 cm³/mol. The number of carbonyl (C=O) groups excluding carboxylic acids is 2. The number of rotatable bonds is 4. The van der Waals surface area contributed by atoms with Gasteiger partial charge in [-0.3, -0.25) is 14.3 Å². The number of halogens is 1. The van der Waals surface area contributed by atoms with E-state index in [2.05, 4.69) is 20.9 Å². The van der Waals surface area contributed by atoms with Crippen LogP contribution >= 0.6 is 12.4 Å². The molecule has 1 aromatic rings. The molecule has 3 fully saturated rings. The Hall–Kier alpha value is -1.67. The molecule has 0 unspecified atom stereocenters. The van der Waals surface area contributed by atoms with Crippen LogP contribution in [0.3, 0.4) is 0 Å². The van der Waals surface area contributed by atoms with Gasteiger partial charge >= 0.3 is 0 Å². The molecule has 0 aliphatic carbocycles. The average molecular weight is 383 g/mol. The van der Waals surface area contributed by atoms with Crippen molar-refractivity contribution in [2.45, 2.75) is 51.2 Å². The quantitative estimate of drug-likeness (QED) is 0.771. The molecule has 0 radical (unpaired) electrons. The number of piperidine rings is 3. The zero-order valence-electron chi connectivity index (χ0n) is 15.1. The maximum Gasteiger partial charge on any atom is 0.243 e. The first kappa shape index (κ1) is 19.1. The summed E-state index contributed by atoms with van der Waals surface area (Å²) in [5.41, 5.74) is 0.861. The van der Waals surface area contributed by atoms with E-state index in [1.54, 1.807) is 4.68 Å². The van der Waals surface area contributed by atoms with Gasteiger partial charge in [0.15, 0.2) is 0 Å². The normalized spacial score (nSPS) is 30.3. The third-order valence-electron chi connectivity index (χ3n) is 5.81. The van der Waals surface area contributed by atoms with Gasteiger partial charge in [0.2, 0.25) is 11.8 Å². The van der Waals surface area contributed by atoms with Crippen molar-refractivity contribution in [1.82, 2.24) is 30.5 Å². The molecular formula is C17H27ClN6O2. The first-order valence-electron chi connectivity index (χ1n) is 9.30. The molecule has 0 spiro atoms. The third kappa shape index (κ3) is 3.57. The molecule has 4 atom stereocenters.